The molecule has 0 saturated carbocycles. The van der Waals surface area contributed by atoms with E-state index in [-0.39, 0.29) is 16.8 Å². The molecule has 150 valence electrons. The first-order valence-corrected chi connectivity index (χ1v) is 10.8. The Hall–Kier alpha value is -3.12. The van der Waals surface area contributed by atoms with Crippen molar-refractivity contribution in [2.75, 3.05) is 4.72 Å². The molecule has 0 radical (unpaired) electrons. The number of hydrogen-bond acceptors (Lipinski definition) is 3. The van der Waals surface area contributed by atoms with Gasteiger partial charge >= 0.3 is 0 Å². The molecule has 0 unspecified atom stereocenters. The summed E-state index contributed by atoms with van der Waals surface area (Å²) >= 11 is 0. The van der Waals surface area contributed by atoms with E-state index < -0.39 is 10.0 Å². The van der Waals surface area contributed by atoms with Crippen molar-refractivity contribution in [2.24, 2.45) is 0 Å². The van der Waals surface area contributed by atoms with Crippen LogP contribution in [0.4, 0.5) is 5.69 Å². The molecule has 5 nitrogen and oxygen atoms in total. The molecule has 0 bridgehead atoms. The van der Waals surface area contributed by atoms with Gasteiger partial charge < -0.3 is 5.32 Å². The number of sulfonamides is 1. The third kappa shape index (κ3) is 5.03. The highest BCUT2D eigenvalue weighted by Gasteiger charge is 2.16. The van der Waals surface area contributed by atoms with Gasteiger partial charge in [-0.05, 0) is 67.8 Å². The normalized spacial score (nSPS) is 12.2. The summed E-state index contributed by atoms with van der Waals surface area (Å²) in [4.78, 5) is 12.8. The van der Waals surface area contributed by atoms with Crippen LogP contribution in [0.25, 0.3) is 0 Å². The van der Waals surface area contributed by atoms with E-state index in [4.69, 9.17) is 0 Å². The molecular weight excluding hydrogens is 384 g/mol. The van der Waals surface area contributed by atoms with E-state index >= 15 is 0 Å². The second kappa shape index (κ2) is 8.49. The topological polar surface area (TPSA) is 75.3 Å². The first kappa shape index (κ1) is 20.6. The summed E-state index contributed by atoms with van der Waals surface area (Å²) in [6.45, 7) is 6.00. The molecule has 6 heteroatoms. The number of hydrogen-bond donors (Lipinski definition) is 2. The zero-order chi connectivity index (χ0) is 21.0. The number of benzene rings is 3. The lowest BCUT2D eigenvalue weighted by Crippen LogP contribution is -2.26. The van der Waals surface area contributed by atoms with Gasteiger partial charge in [0, 0.05) is 11.3 Å². The highest BCUT2D eigenvalue weighted by atomic mass is 32.2. The molecule has 0 aliphatic heterocycles. The van der Waals surface area contributed by atoms with E-state index in [2.05, 4.69) is 16.1 Å². The first-order chi connectivity index (χ1) is 13.8. The molecule has 0 heterocycles. The molecule has 3 rings (SSSR count). The van der Waals surface area contributed by atoms with Crippen LogP contribution in [0.2, 0.25) is 0 Å². The standard InChI is InChI=1S/C23H24N2O3S/c1-16-12-13-19(14-17(16)2)18(3)24-23(26)20-8-7-9-21(15-20)25-29(27,28)22-10-5-4-6-11-22/h4-15,18,25H,1-3H3,(H,24,26)/t18-/m0/s1. The van der Waals surface area contributed by atoms with Gasteiger partial charge in [0.2, 0.25) is 0 Å². The van der Waals surface area contributed by atoms with Gasteiger partial charge in [-0.25, -0.2) is 8.42 Å². The highest BCUT2D eigenvalue weighted by molar-refractivity contribution is 7.92. The molecule has 2 N–H and O–H groups in total. The second-order valence-corrected chi connectivity index (χ2v) is 8.72. The van der Waals surface area contributed by atoms with Gasteiger partial charge in [0.25, 0.3) is 15.9 Å². The Morgan fingerprint density at radius 3 is 2.28 bits per heavy atom. The Balaban J connectivity index is 1.75. The van der Waals surface area contributed by atoms with Crippen LogP contribution in [-0.2, 0) is 10.0 Å². The lowest BCUT2D eigenvalue weighted by Gasteiger charge is -2.16. The summed E-state index contributed by atoms with van der Waals surface area (Å²) in [5.74, 6) is -0.267. The molecular formula is C23H24N2O3S. The van der Waals surface area contributed by atoms with Gasteiger partial charge in [0.1, 0.15) is 0 Å². The lowest BCUT2D eigenvalue weighted by molar-refractivity contribution is 0.0940. The van der Waals surface area contributed by atoms with Crippen LogP contribution in [-0.4, -0.2) is 14.3 Å². The fourth-order valence-corrected chi connectivity index (χ4v) is 4.01. The van der Waals surface area contributed by atoms with Crippen LogP contribution in [0.3, 0.4) is 0 Å². The van der Waals surface area contributed by atoms with Crippen molar-refractivity contribution >= 4 is 21.6 Å². The number of anilines is 1. The number of carbonyl (C=O) groups excluding carboxylic acids is 1. The van der Waals surface area contributed by atoms with Crippen molar-refractivity contribution in [3.63, 3.8) is 0 Å². The van der Waals surface area contributed by atoms with Gasteiger partial charge in [-0.1, -0.05) is 42.5 Å². The minimum absolute atomic E-state index is 0.165. The number of carbonyl (C=O) groups is 1. The van der Waals surface area contributed by atoms with Crippen LogP contribution in [0, 0.1) is 13.8 Å². The summed E-state index contributed by atoms with van der Waals surface area (Å²) in [7, 11) is -3.71. The van der Waals surface area contributed by atoms with E-state index in [0.29, 0.717) is 11.3 Å². The van der Waals surface area contributed by atoms with Gasteiger partial charge in [0.15, 0.2) is 0 Å². The molecule has 3 aromatic rings. The smallest absolute Gasteiger partial charge is 0.261 e. The van der Waals surface area contributed by atoms with E-state index in [9.17, 15) is 13.2 Å². The SMILES string of the molecule is Cc1ccc([C@H](C)NC(=O)c2cccc(NS(=O)(=O)c3ccccc3)c2)cc1C. The summed E-state index contributed by atoms with van der Waals surface area (Å²) in [5.41, 5.74) is 4.10. The molecule has 0 saturated heterocycles. The van der Waals surface area contributed by atoms with Crippen molar-refractivity contribution in [2.45, 2.75) is 31.7 Å². The Labute approximate surface area is 171 Å². The van der Waals surface area contributed by atoms with Gasteiger partial charge in [0.05, 0.1) is 10.9 Å². The van der Waals surface area contributed by atoms with E-state index in [0.717, 1.165) is 5.56 Å². The maximum absolute atomic E-state index is 12.7. The summed E-state index contributed by atoms with van der Waals surface area (Å²) in [5, 5.41) is 2.96. The molecule has 0 aliphatic carbocycles. The molecule has 3 aromatic carbocycles. The number of nitrogens with one attached hydrogen (secondary N) is 2. The molecule has 0 aromatic heterocycles. The zero-order valence-corrected chi connectivity index (χ0v) is 17.5. The average Bonchev–Trinajstić information content (AvgIpc) is 2.70. The monoisotopic (exact) mass is 408 g/mol. The Kier molecular flexibility index (Phi) is 6.03. The Bertz CT molecular complexity index is 1130. The third-order valence-electron chi connectivity index (χ3n) is 4.81. The van der Waals surface area contributed by atoms with E-state index in [1.807, 2.05) is 32.9 Å². The van der Waals surface area contributed by atoms with Crippen LogP contribution in [0.5, 0.6) is 0 Å². The van der Waals surface area contributed by atoms with Crippen LogP contribution in [0.15, 0.2) is 77.7 Å². The van der Waals surface area contributed by atoms with Crippen LogP contribution >= 0.6 is 0 Å². The van der Waals surface area contributed by atoms with E-state index in [1.165, 1.54) is 29.3 Å². The molecule has 29 heavy (non-hydrogen) atoms. The number of amides is 1. The van der Waals surface area contributed by atoms with Crippen molar-refractivity contribution < 1.29 is 13.2 Å². The first-order valence-electron chi connectivity index (χ1n) is 9.32. The van der Waals surface area contributed by atoms with Crippen molar-refractivity contribution in [1.29, 1.82) is 0 Å². The summed E-state index contributed by atoms with van der Waals surface area (Å²) in [6, 6.07) is 20.5. The molecule has 1 amide bonds. The largest absolute Gasteiger partial charge is 0.346 e. The lowest BCUT2D eigenvalue weighted by atomic mass is 10.0. The number of rotatable bonds is 6. The van der Waals surface area contributed by atoms with Crippen LogP contribution in [0.1, 0.15) is 40.0 Å². The molecule has 1 atom stereocenters. The number of aryl methyl sites for hydroxylation is 2. The Morgan fingerprint density at radius 1 is 0.862 bits per heavy atom. The predicted molar refractivity (Wildman–Crippen MR) is 115 cm³/mol. The summed E-state index contributed by atoms with van der Waals surface area (Å²) in [6.07, 6.45) is 0. The molecule has 0 aliphatic rings. The van der Waals surface area contributed by atoms with Crippen molar-refractivity contribution in [3.05, 3.63) is 95.1 Å². The van der Waals surface area contributed by atoms with Gasteiger partial charge in [-0.3, -0.25) is 9.52 Å². The zero-order valence-electron chi connectivity index (χ0n) is 16.6. The van der Waals surface area contributed by atoms with Crippen molar-refractivity contribution in [1.82, 2.24) is 5.32 Å². The maximum atomic E-state index is 12.7. The second-order valence-electron chi connectivity index (χ2n) is 7.04. The van der Waals surface area contributed by atoms with Gasteiger partial charge in [-0.15, -0.1) is 0 Å². The third-order valence-corrected chi connectivity index (χ3v) is 6.21. The predicted octanol–water partition coefficient (Wildman–Crippen LogP) is 4.60. The molecule has 0 fully saturated rings. The molecule has 0 spiro atoms. The van der Waals surface area contributed by atoms with Gasteiger partial charge in [-0.2, -0.15) is 0 Å². The van der Waals surface area contributed by atoms with Crippen molar-refractivity contribution in [3.8, 4) is 0 Å². The van der Waals surface area contributed by atoms with E-state index in [1.54, 1.807) is 36.4 Å². The minimum atomic E-state index is -3.71. The average molecular weight is 409 g/mol. The summed E-state index contributed by atoms with van der Waals surface area (Å²) < 4.78 is 27.5. The quantitative estimate of drug-likeness (QED) is 0.626. The Morgan fingerprint density at radius 2 is 1.59 bits per heavy atom. The minimum Gasteiger partial charge on any atom is -0.346 e. The van der Waals surface area contributed by atoms with Crippen LogP contribution < -0.4 is 10.0 Å². The fourth-order valence-electron chi connectivity index (χ4n) is 2.93. The fraction of sp³-hybridized carbons (Fsp3) is 0.174. The highest BCUT2D eigenvalue weighted by Crippen LogP contribution is 2.20. The maximum Gasteiger partial charge on any atom is 0.261 e.